The number of halogens is 2. The second-order valence-corrected chi connectivity index (χ2v) is 8.09. The number of nitrogens with one attached hydrogen (secondary N) is 2. The molecule has 0 radical (unpaired) electrons. The molecule has 2 N–H and O–H groups in total. The maximum absolute atomic E-state index is 13.3. The Morgan fingerprint density at radius 3 is 2.17 bits per heavy atom. The molecule has 0 saturated heterocycles. The summed E-state index contributed by atoms with van der Waals surface area (Å²) in [6, 6.07) is 15.4. The molecule has 156 valence electrons. The number of anilines is 2. The van der Waals surface area contributed by atoms with Crippen molar-refractivity contribution in [3.05, 3.63) is 83.9 Å². The first kappa shape index (κ1) is 21.3. The van der Waals surface area contributed by atoms with Crippen molar-refractivity contribution in [3.63, 3.8) is 0 Å². The molecular formula is C21H18F2N2O4S. The molecule has 0 atom stereocenters. The molecule has 1 amide bonds. The van der Waals surface area contributed by atoms with E-state index in [4.69, 9.17) is 4.74 Å². The van der Waals surface area contributed by atoms with Crippen LogP contribution >= 0.6 is 0 Å². The van der Waals surface area contributed by atoms with E-state index in [2.05, 4.69) is 10.0 Å². The van der Waals surface area contributed by atoms with Gasteiger partial charge in [-0.15, -0.1) is 0 Å². The van der Waals surface area contributed by atoms with Crippen molar-refractivity contribution in [2.24, 2.45) is 0 Å². The molecule has 0 bridgehead atoms. The summed E-state index contributed by atoms with van der Waals surface area (Å²) in [7, 11) is -4.09. The molecule has 3 aromatic carbocycles. The lowest BCUT2D eigenvalue weighted by molar-refractivity contribution is -0.118. The largest absolute Gasteiger partial charge is 0.484 e. The van der Waals surface area contributed by atoms with E-state index in [0.29, 0.717) is 17.5 Å². The number of carbonyl (C=O) groups is 1. The first-order valence-electron chi connectivity index (χ1n) is 8.80. The predicted octanol–water partition coefficient (Wildman–Crippen LogP) is 4.09. The van der Waals surface area contributed by atoms with Crippen LogP contribution in [0.2, 0.25) is 0 Å². The molecule has 3 aromatic rings. The van der Waals surface area contributed by atoms with Gasteiger partial charge in [0, 0.05) is 11.4 Å². The Bertz CT molecular complexity index is 1150. The van der Waals surface area contributed by atoms with Crippen LogP contribution in [0.5, 0.6) is 5.75 Å². The summed E-state index contributed by atoms with van der Waals surface area (Å²) in [4.78, 5) is 11.6. The molecule has 0 fully saturated rings. The second-order valence-electron chi connectivity index (χ2n) is 6.41. The van der Waals surface area contributed by atoms with E-state index < -0.39 is 26.6 Å². The van der Waals surface area contributed by atoms with Crippen molar-refractivity contribution in [2.45, 2.75) is 11.8 Å². The number of benzene rings is 3. The van der Waals surface area contributed by atoms with Crippen LogP contribution in [-0.2, 0) is 14.8 Å². The zero-order valence-corrected chi connectivity index (χ0v) is 16.7. The molecule has 0 heterocycles. The molecular weight excluding hydrogens is 414 g/mol. The van der Waals surface area contributed by atoms with Crippen molar-refractivity contribution in [1.82, 2.24) is 0 Å². The van der Waals surface area contributed by atoms with Crippen LogP contribution in [0.4, 0.5) is 20.2 Å². The van der Waals surface area contributed by atoms with Gasteiger partial charge in [-0.3, -0.25) is 9.52 Å². The van der Waals surface area contributed by atoms with Gasteiger partial charge in [0.15, 0.2) is 18.2 Å². The molecule has 0 aliphatic rings. The van der Waals surface area contributed by atoms with Gasteiger partial charge >= 0.3 is 0 Å². The van der Waals surface area contributed by atoms with Crippen molar-refractivity contribution >= 4 is 27.3 Å². The zero-order valence-electron chi connectivity index (χ0n) is 15.9. The van der Waals surface area contributed by atoms with E-state index in [1.807, 2.05) is 19.1 Å². The van der Waals surface area contributed by atoms with Gasteiger partial charge in [-0.1, -0.05) is 17.7 Å². The van der Waals surface area contributed by atoms with Crippen LogP contribution in [0.1, 0.15) is 5.56 Å². The lowest BCUT2D eigenvalue weighted by atomic mass is 10.2. The molecule has 0 aliphatic heterocycles. The predicted molar refractivity (Wildman–Crippen MR) is 109 cm³/mol. The number of rotatable bonds is 7. The Kier molecular flexibility index (Phi) is 6.31. The van der Waals surface area contributed by atoms with Gasteiger partial charge in [-0.05, 0) is 61.5 Å². The molecule has 0 unspecified atom stereocenters. The minimum Gasteiger partial charge on any atom is -0.484 e. The van der Waals surface area contributed by atoms with E-state index in [1.54, 1.807) is 12.1 Å². The fourth-order valence-electron chi connectivity index (χ4n) is 2.46. The SMILES string of the molecule is Cc1ccc(OCC(=O)Nc2ccc(NS(=O)(=O)c3ccc(F)c(F)c3)cc2)cc1. The number of hydrogen-bond donors (Lipinski definition) is 2. The Morgan fingerprint density at radius 2 is 1.53 bits per heavy atom. The van der Waals surface area contributed by atoms with Gasteiger partial charge in [0.05, 0.1) is 4.90 Å². The van der Waals surface area contributed by atoms with Crippen molar-refractivity contribution in [2.75, 3.05) is 16.6 Å². The Balaban J connectivity index is 1.58. The molecule has 9 heteroatoms. The molecule has 0 saturated carbocycles. The van der Waals surface area contributed by atoms with Gasteiger partial charge in [-0.25, -0.2) is 17.2 Å². The third-order valence-corrected chi connectivity index (χ3v) is 5.39. The first-order valence-corrected chi connectivity index (χ1v) is 10.3. The third-order valence-electron chi connectivity index (χ3n) is 4.01. The lowest BCUT2D eigenvalue weighted by Crippen LogP contribution is -2.20. The van der Waals surface area contributed by atoms with Gasteiger partial charge < -0.3 is 10.1 Å². The van der Waals surface area contributed by atoms with Gasteiger partial charge in [0.25, 0.3) is 15.9 Å². The number of sulfonamides is 1. The summed E-state index contributed by atoms with van der Waals surface area (Å²) >= 11 is 0. The fourth-order valence-corrected chi connectivity index (χ4v) is 3.53. The minimum atomic E-state index is -4.09. The molecule has 3 rings (SSSR count). The van der Waals surface area contributed by atoms with Crippen LogP contribution in [0.3, 0.4) is 0 Å². The normalized spacial score (nSPS) is 11.0. The quantitative estimate of drug-likeness (QED) is 0.589. The van der Waals surface area contributed by atoms with E-state index >= 15 is 0 Å². The Hall–Kier alpha value is -3.46. The highest BCUT2D eigenvalue weighted by Crippen LogP contribution is 2.20. The number of ether oxygens (including phenoxy) is 1. The highest BCUT2D eigenvalue weighted by molar-refractivity contribution is 7.92. The monoisotopic (exact) mass is 432 g/mol. The summed E-state index contributed by atoms with van der Waals surface area (Å²) in [5, 5.41) is 2.63. The Morgan fingerprint density at radius 1 is 0.900 bits per heavy atom. The summed E-state index contributed by atoms with van der Waals surface area (Å²) < 4.78 is 58.5. The molecule has 0 aromatic heterocycles. The molecule has 0 aliphatic carbocycles. The topological polar surface area (TPSA) is 84.5 Å². The standard InChI is InChI=1S/C21H18F2N2O4S/c1-14-2-8-17(9-3-14)29-13-21(26)24-15-4-6-16(7-5-15)25-30(27,28)18-10-11-19(22)20(23)12-18/h2-12,25H,13H2,1H3,(H,24,26). The van der Waals surface area contributed by atoms with E-state index in [1.165, 1.54) is 24.3 Å². The average Bonchev–Trinajstić information content (AvgIpc) is 2.71. The van der Waals surface area contributed by atoms with Crippen molar-refractivity contribution < 1.29 is 26.7 Å². The number of carbonyl (C=O) groups excluding carboxylic acids is 1. The van der Waals surface area contributed by atoms with Gasteiger partial charge in [-0.2, -0.15) is 0 Å². The first-order chi connectivity index (χ1) is 14.2. The minimum absolute atomic E-state index is 0.187. The highest BCUT2D eigenvalue weighted by Gasteiger charge is 2.16. The zero-order chi connectivity index (χ0) is 21.7. The summed E-state index contributed by atoms with van der Waals surface area (Å²) in [6.07, 6.45) is 0. The third kappa shape index (κ3) is 5.54. The molecule has 0 spiro atoms. The maximum Gasteiger partial charge on any atom is 0.262 e. The van der Waals surface area contributed by atoms with Crippen LogP contribution < -0.4 is 14.8 Å². The van der Waals surface area contributed by atoms with E-state index in [9.17, 15) is 22.0 Å². The number of hydrogen-bond acceptors (Lipinski definition) is 4. The Labute approximate surface area is 172 Å². The van der Waals surface area contributed by atoms with E-state index in [-0.39, 0.29) is 18.2 Å². The summed E-state index contributed by atoms with van der Waals surface area (Å²) in [5.74, 6) is -2.22. The summed E-state index contributed by atoms with van der Waals surface area (Å²) in [5.41, 5.74) is 1.70. The number of aryl methyl sites for hydroxylation is 1. The van der Waals surface area contributed by atoms with Gasteiger partial charge in [0.2, 0.25) is 0 Å². The lowest BCUT2D eigenvalue weighted by Gasteiger charge is -2.10. The maximum atomic E-state index is 13.3. The molecule has 6 nitrogen and oxygen atoms in total. The summed E-state index contributed by atoms with van der Waals surface area (Å²) in [6.45, 7) is 1.76. The number of amides is 1. The van der Waals surface area contributed by atoms with Crippen molar-refractivity contribution in [1.29, 1.82) is 0 Å². The van der Waals surface area contributed by atoms with Crippen LogP contribution in [0, 0.1) is 18.6 Å². The second kappa shape index (κ2) is 8.91. The fraction of sp³-hybridized carbons (Fsp3) is 0.0952. The van der Waals surface area contributed by atoms with Crippen molar-refractivity contribution in [3.8, 4) is 5.75 Å². The van der Waals surface area contributed by atoms with E-state index in [0.717, 1.165) is 17.7 Å². The van der Waals surface area contributed by atoms with Gasteiger partial charge in [0.1, 0.15) is 5.75 Å². The van der Waals surface area contributed by atoms with Crippen LogP contribution in [0.15, 0.2) is 71.6 Å². The smallest absolute Gasteiger partial charge is 0.262 e. The highest BCUT2D eigenvalue weighted by atomic mass is 32.2. The average molecular weight is 432 g/mol. The van der Waals surface area contributed by atoms with Crippen LogP contribution in [0.25, 0.3) is 0 Å². The van der Waals surface area contributed by atoms with Crippen LogP contribution in [-0.4, -0.2) is 20.9 Å². The molecule has 30 heavy (non-hydrogen) atoms.